The number of rotatable bonds is 7. The molecule has 17 heteroatoms. The summed E-state index contributed by atoms with van der Waals surface area (Å²) in [5, 5.41) is 9.28. The topological polar surface area (TPSA) is 130 Å². The number of nitrogens with zero attached hydrogens (tertiary/aromatic N) is 9. The van der Waals surface area contributed by atoms with Crippen molar-refractivity contribution in [2.45, 2.75) is 75.9 Å². The van der Waals surface area contributed by atoms with E-state index in [9.17, 15) is 13.6 Å². The summed E-state index contributed by atoms with van der Waals surface area (Å²) in [4.78, 5) is 41.8. The molecule has 0 spiro atoms. The molecule has 1 amide bonds. The third-order valence-corrected chi connectivity index (χ3v) is 13.3. The van der Waals surface area contributed by atoms with Crippen LogP contribution in [0.3, 0.4) is 0 Å². The van der Waals surface area contributed by atoms with Crippen molar-refractivity contribution in [2.75, 3.05) is 19.9 Å². The van der Waals surface area contributed by atoms with Crippen LogP contribution in [-0.4, -0.2) is 75.2 Å². The van der Waals surface area contributed by atoms with Crippen molar-refractivity contribution in [3.05, 3.63) is 129 Å². The van der Waals surface area contributed by atoms with Gasteiger partial charge in [0, 0.05) is 68.1 Å². The first kappa shape index (κ1) is 38.5. The molecule has 11 rings (SSSR count). The van der Waals surface area contributed by atoms with Crippen molar-refractivity contribution in [1.82, 2.24) is 43.5 Å². The molecule has 318 valence electrons. The molecule has 7 aromatic rings. The van der Waals surface area contributed by atoms with Crippen molar-refractivity contribution in [2.24, 2.45) is 12.0 Å². The van der Waals surface area contributed by atoms with Gasteiger partial charge < -0.3 is 14.0 Å². The zero-order chi connectivity index (χ0) is 42.8. The highest BCUT2D eigenvalue weighted by atomic mass is 19.2. The fraction of sp³-hybridized carbons (Fsp3) is 0.356. The van der Waals surface area contributed by atoms with Gasteiger partial charge in [-0.3, -0.25) is 28.9 Å². The van der Waals surface area contributed by atoms with E-state index in [1.807, 2.05) is 13.0 Å². The number of halogens is 3. The summed E-state index contributed by atoms with van der Waals surface area (Å²) in [6, 6.07) is 12.2. The molecule has 0 radical (unpaired) electrons. The Labute approximate surface area is 352 Å². The number of carbonyl (C=O) groups excluding carboxylic acids is 1. The van der Waals surface area contributed by atoms with Crippen LogP contribution in [0.25, 0.3) is 33.6 Å². The molecule has 2 fully saturated rings. The second-order valence-corrected chi connectivity index (χ2v) is 17.5. The van der Waals surface area contributed by atoms with E-state index in [0.717, 1.165) is 49.0 Å². The Balaban J connectivity index is 1.04. The zero-order valence-electron chi connectivity index (χ0n) is 34.5. The predicted molar refractivity (Wildman–Crippen MR) is 223 cm³/mol. The number of aryl methyl sites for hydroxylation is 1. The number of hydrogen-bond donors (Lipinski definition) is 1. The van der Waals surface area contributed by atoms with Crippen molar-refractivity contribution in [1.29, 1.82) is 0 Å². The van der Waals surface area contributed by atoms with Gasteiger partial charge in [0.1, 0.15) is 11.7 Å². The number of amides is 1. The lowest BCUT2D eigenvalue weighted by atomic mass is 9.84. The van der Waals surface area contributed by atoms with Gasteiger partial charge in [0.2, 0.25) is 0 Å². The fourth-order valence-electron chi connectivity index (χ4n) is 10.0. The Kier molecular flexibility index (Phi) is 8.54. The van der Waals surface area contributed by atoms with Crippen LogP contribution in [0.5, 0.6) is 0 Å². The molecule has 62 heavy (non-hydrogen) atoms. The van der Waals surface area contributed by atoms with Crippen LogP contribution in [0, 0.1) is 17.5 Å². The number of aromatic nitrogens is 7. The van der Waals surface area contributed by atoms with Crippen molar-refractivity contribution in [3.63, 3.8) is 0 Å². The normalized spacial score (nSPS) is 20.4. The minimum atomic E-state index is -1.10. The predicted octanol–water partition coefficient (Wildman–Crippen LogP) is 6.73. The summed E-state index contributed by atoms with van der Waals surface area (Å²) in [6.07, 6.45) is 10.0. The van der Waals surface area contributed by atoms with Gasteiger partial charge in [-0.15, -0.1) is 0 Å². The number of amidine groups is 1. The quantitative estimate of drug-likeness (QED) is 0.189. The van der Waals surface area contributed by atoms with Gasteiger partial charge in [-0.05, 0) is 100 Å². The number of aliphatic imine (C=N–C) groups is 1. The van der Waals surface area contributed by atoms with E-state index < -0.39 is 34.6 Å². The number of ether oxygens (including phenoxy) is 1. The average Bonchev–Trinajstić information content (AvgIpc) is 3.80. The molecule has 3 aliphatic heterocycles. The standard InChI is InChI=1S/C45H43F3N10O4/c1-25-37-34(51-58(28-5-6-32(46)33(47)21-28)40(37)57-17-16-56(43(57)60)36-8-7-35-31(38(36)48)23-50-53(35)4)10-15-54(25)41(59)30-20-29-19-26(27-11-18-61-44(2,3)22-27)9-14-55(29)39(30)45(12-13-45)42-49-24-62-52-42/h5-9,14,16-17,19-21,23,25,27H,10-13,15,18,22,24H2,1-4H3,(H,49,52)/t25-,27+/m0/s1. The molecular formula is C45H43F3N10O4. The van der Waals surface area contributed by atoms with E-state index in [-0.39, 0.29) is 47.4 Å². The summed E-state index contributed by atoms with van der Waals surface area (Å²) in [5.41, 5.74) is 6.83. The first-order valence-electron chi connectivity index (χ1n) is 20.8. The molecule has 0 bridgehead atoms. The second kappa shape index (κ2) is 13.8. The fourth-order valence-corrected chi connectivity index (χ4v) is 10.0. The Hall–Kier alpha value is -6.46. The van der Waals surface area contributed by atoms with Crippen LogP contribution in [0.4, 0.5) is 13.2 Å². The molecular weight excluding hydrogens is 802 g/mol. The van der Waals surface area contributed by atoms with Crippen LogP contribution >= 0.6 is 0 Å². The molecule has 5 aromatic heterocycles. The summed E-state index contributed by atoms with van der Waals surface area (Å²) in [7, 11) is 1.70. The number of pyridine rings is 1. The van der Waals surface area contributed by atoms with Gasteiger partial charge >= 0.3 is 5.69 Å². The number of benzene rings is 2. The van der Waals surface area contributed by atoms with E-state index >= 15 is 9.18 Å². The maximum atomic E-state index is 16.0. The van der Waals surface area contributed by atoms with Gasteiger partial charge in [-0.2, -0.15) is 10.2 Å². The summed E-state index contributed by atoms with van der Waals surface area (Å²) >= 11 is 0. The average molecular weight is 845 g/mol. The first-order chi connectivity index (χ1) is 29.8. The number of hydrogen-bond acceptors (Lipinski definition) is 8. The van der Waals surface area contributed by atoms with E-state index in [2.05, 4.69) is 52.1 Å². The molecule has 1 N–H and O–H groups in total. The van der Waals surface area contributed by atoms with E-state index in [4.69, 9.17) is 14.7 Å². The van der Waals surface area contributed by atoms with Crippen molar-refractivity contribution >= 4 is 28.2 Å². The Bertz CT molecular complexity index is 3100. The highest BCUT2D eigenvalue weighted by molar-refractivity contribution is 6.03. The van der Waals surface area contributed by atoms with Gasteiger partial charge in [-0.1, -0.05) is 0 Å². The number of imidazole rings is 1. The molecule has 1 aliphatic carbocycles. The Morgan fingerprint density at radius 1 is 0.984 bits per heavy atom. The van der Waals surface area contributed by atoms with E-state index in [1.165, 1.54) is 50.1 Å². The van der Waals surface area contributed by atoms with Gasteiger partial charge in [0.15, 0.2) is 24.2 Å². The van der Waals surface area contributed by atoms with Crippen molar-refractivity contribution in [3.8, 4) is 17.2 Å². The molecule has 8 heterocycles. The Morgan fingerprint density at radius 2 is 1.81 bits per heavy atom. The lowest BCUT2D eigenvalue weighted by Gasteiger charge is -2.35. The molecule has 2 aromatic carbocycles. The number of carbonyl (C=O) groups is 1. The maximum absolute atomic E-state index is 16.0. The molecule has 14 nitrogen and oxygen atoms in total. The largest absolute Gasteiger partial charge is 0.376 e. The third kappa shape index (κ3) is 5.81. The van der Waals surface area contributed by atoms with Crippen LogP contribution in [-0.2, 0) is 28.5 Å². The number of hydroxylamine groups is 1. The first-order valence-corrected chi connectivity index (χ1v) is 20.8. The van der Waals surface area contributed by atoms with Crippen LogP contribution < -0.4 is 11.2 Å². The monoisotopic (exact) mass is 844 g/mol. The second-order valence-electron chi connectivity index (χ2n) is 17.5. The molecule has 1 saturated carbocycles. The lowest BCUT2D eigenvalue weighted by Crippen LogP contribution is -2.41. The van der Waals surface area contributed by atoms with Gasteiger partial charge in [0.25, 0.3) is 5.91 Å². The van der Waals surface area contributed by atoms with Gasteiger partial charge in [0.05, 0.1) is 56.8 Å². The summed E-state index contributed by atoms with van der Waals surface area (Å²) in [6.45, 7) is 7.24. The summed E-state index contributed by atoms with van der Waals surface area (Å²) in [5.74, 6) is -1.78. The highest BCUT2D eigenvalue weighted by Gasteiger charge is 2.54. The molecule has 2 atom stereocenters. The Morgan fingerprint density at radius 3 is 2.56 bits per heavy atom. The number of nitrogens with one attached hydrogen (secondary N) is 1. The van der Waals surface area contributed by atoms with Crippen molar-refractivity contribution < 1.29 is 27.5 Å². The molecule has 4 aliphatic rings. The number of fused-ring (bicyclic) bond motifs is 3. The lowest BCUT2D eigenvalue weighted by molar-refractivity contribution is -0.0593. The smallest absolute Gasteiger partial charge is 0.338 e. The van der Waals surface area contributed by atoms with Crippen LogP contribution in [0.15, 0.2) is 83.1 Å². The highest BCUT2D eigenvalue weighted by Crippen LogP contribution is 2.52. The van der Waals surface area contributed by atoms with Crippen LogP contribution in [0.2, 0.25) is 0 Å². The minimum absolute atomic E-state index is 0.00428. The minimum Gasteiger partial charge on any atom is -0.376 e. The summed E-state index contributed by atoms with van der Waals surface area (Å²) < 4.78 is 58.8. The van der Waals surface area contributed by atoms with E-state index in [0.29, 0.717) is 47.1 Å². The third-order valence-electron chi connectivity index (χ3n) is 13.3. The van der Waals surface area contributed by atoms with E-state index in [1.54, 1.807) is 22.7 Å². The molecule has 0 unspecified atom stereocenters. The SMILES string of the molecule is C[C@H]1c2c(nn(-c3ccc(F)c(F)c3)c2-n2ccn(-c3ccc4c(cnn4C)c3F)c2=O)CCN1C(=O)c1cc2cc([C@@H]3CCOC(C)(C)C3)ccn2c1C1(C2=NCON2)CC1. The zero-order valence-corrected chi connectivity index (χ0v) is 34.5. The van der Waals surface area contributed by atoms with Crippen LogP contribution in [0.1, 0.15) is 91.3 Å². The van der Waals surface area contributed by atoms with Gasteiger partial charge in [-0.25, -0.2) is 27.6 Å². The maximum Gasteiger partial charge on any atom is 0.338 e. The molecule has 1 saturated heterocycles.